The third-order valence-electron chi connectivity index (χ3n) is 21.1. The van der Waals surface area contributed by atoms with Crippen molar-refractivity contribution in [3.05, 3.63) is 311 Å². The molecule has 0 aliphatic carbocycles. The van der Waals surface area contributed by atoms with Crippen LogP contribution < -0.4 is 18.3 Å². The average molecular weight is 1440 g/mol. The van der Waals surface area contributed by atoms with Crippen molar-refractivity contribution in [2.45, 2.75) is 62.2 Å². The van der Waals surface area contributed by atoms with Gasteiger partial charge in [0, 0.05) is 93.4 Å². The van der Waals surface area contributed by atoms with Gasteiger partial charge in [0.1, 0.15) is 47.0 Å². The number of thiophene rings is 4. The SMILES string of the molecule is Cc1ccc(-c2c3sc4c5ccccc5ccc4c3c(C)c[n+]2C)c(C)c1.Cc1ccc2c(ccc3c4cc[n+](C)c(-c5ccccc5C)c4sc23)c1.[2H]C([2H])([2H])c1c[n+](C)c(-c2ccccc2C)c2sc3c4ccccc4ccc3c12.[2H]C([2H])([2H])c1ccc(-c2c3sc4c5ccccc5ccc4c3cc[n+]2C)c(C)c1. The van der Waals surface area contributed by atoms with Gasteiger partial charge in [0.25, 0.3) is 0 Å². The maximum absolute atomic E-state index is 8.17. The molecule has 0 radical (unpaired) electrons. The highest BCUT2D eigenvalue weighted by molar-refractivity contribution is 7.28. The lowest BCUT2D eigenvalue weighted by Gasteiger charge is -2.08. The third-order valence-corrected chi connectivity index (χ3v) is 26.2. The van der Waals surface area contributed by atoms with Crippen molar-refractivity contribution in [1.29, 1.82) is 0 Å². The molecule has 0 bridgehead atoms. The minimum absolute atomic E-state index is 0.385. The van der Waals surface area contributed by atoms with Gasteiger partial charge in [0.2, 0.25) is 22.8 Å². The number of fused-ring (bicyclic) bond motifs is 20. The molecule has 105 heavy (non-hydrogen) atoms. The van der Waals surface area contributed by atoms with Crippen LogP contribution in [0.25, 0.3) is 169 Å². The molecule has 8 aromatic heterocycles. The topological polar surface area (TPSA) is 15.5 Å². The molecule has 0 saturated carbocycles. The summed E-state index contributed by atoms with van der Waals surface area (Å²) in [5.74, 6) is 0. The summed E-state index contributed by atoms with van der Waals surface area (Å²) in [7, 11) is 8.31. The first-order valence-electron chi connectivity index (χ1n) is 38.7. The standard InChI is InChI=1S/C25H22NS.3C24H20NS/c1-15-9-11-19(16(2)13-15)23-25-22(17(3)14-26(23)4)21-12-10-18-7-5-6-8-20(18)24(21)27-25;1-15-8-4-6-10-18(15)22-24-21(16(2)14-25(22)3)20-13-12-17-9-5-7-11-19(17)23(20)26-24;1-15-8-10-18(16(2)14-15)22-24-21(12-13-25(22)3)20-11-9-17-6-4-5-7-19(17)23(20)26-24;1-15-8-10-19-17(14-15)9-11-20-21-12-13-25(3)22(24(21)26-23(19)20)18-7-5-4-6-16(18)2/h5-14H,1-4H3;3*4-14H,1-3H3/q4*+1/i;2D3;1D3;. The number of rotatable bonds is 4. The van der Waals surface area contributed by atoms with Crippen molar-refractivity contribution < 1.29 is 26.5 Å². The van der Waals surface area contributed by atoms with Crippen molar-refractivity contribution in [1.82, 2.24) is 0 Å². The number of hydrogen-bond acceptors (Lipinski definition) is 4. The summed E-state index contributed by atoms with van der Waals surface area (Å²) in [5, 5.41) is 20.1. The molecule has 20 rings (SSSR count). The second kappa shape index (κ2) is 27.0. The number of benzene rings is 12. The second-order valence-corrected chi connectivity index (χ2v) is 32.3. The lowest BCUT2D eigenvalue weighted by Crippen LogP contribution is -2.31. The van der Waals surface area contributed by atoms with E-state index in [1.807, 2.05) is 89.9 Å². The van der Waals surface area contributed by atoms with E-state index in [1.165, 1.54) is 160 Å². The van der Waals surface area contributed by atoms with E-state index in [0.29, 0.717) is 11.1 Å². The molecule has 0 fully saturated rings. The Labute approximate surface area is 637 Å². The maximum Gasteiger partial charge on any atom is 0.230 e. The van der Waals surface area contributed by atoms with E-state index in [4.69, 9.17) is 8.22 Å². The molecule has 0 N–H and O–H groups in total. The molecule has 4 nitrogen and oxygen atoms in total. The molecule has 0 atom stereocenters. The number of pyridine rings is 4. The van der Waals surface area contributed by atoms with E-state index in [2.05, 4.69) is 282 Å². The summed E-state index contributed by atoms with van der Waals surface area (Å²) in [6.07, 6.45) is 8.35. The second-order valence-electron chi connectivity index (χ2n) is 28.3. The van der Waals surface area contributed by atoms with Gasteiger partial charge in [-0.25, -0.2) is 0 Å². The van der Waals surface area contributed by atoms with Crippen LogP contribution in [0.2, 0.25) is 0 Å². The zero-order valence-corrected chi connectivity index (χ0v) is 64.0. The van der Waals surface area contributed by atoms with Gasteiger partial charge in [-0.2, -0.15) is 18.3 Å². The summed E-state index contributed by atoms with van der Waals surface area (Å²) < 4.78 is 66.5. The fourth-order valence-corrected chi connectivity index (χ4v) is 21.8. The molecule has 20 aromatic rings. The first kappa shape index (κ1) is 60.6. The van der Waals surface area contributed by atoms with E-state index in [0.717, 1.165) is 48.3 Å². The lowest BCUT2D eigenvalue weighted by atomic mass is 9.99. The predicted molar refractivity (Wildman–Crippen MR) is 456 cm³/mol. The monoisotopic (exact) mass is 1440 g/mol. The fraction of sp³-hybridized carbons (Fsp3) is 0.134. The minimum Gasteiger partial charge on any atom is -0.200 e. The molecular formula is C97H82N4S4+4. The van der Waals surface area contributed by atoms with Gasteiger partial charge in [0.15, 0.2) is 24.8 Å². The summed E-state index contributed by atoms with van der Waals surface area (Å²) >= 11 is 7.36. The van der Waals surface area contributed by atoms with Crippen LogP contribution in [0.5, 0.6) is 0 Å². The molecule has 12 aromatic carbocycles. The summed E-state index contributed by atoms with van der Waals surface area (Å²) in [4.78, 5) is 0. The van der Waals surface area contributed by atoms with Gasteiger partial charge in [0.05, 0.1) is 22.3 Å². The van der Waals surface area contributed by atoms with E-state index in [1.54, 1.807) is 29.7 Å². The van der Waals surface area contributed by atoms with Crippen LogP contribution in [-0.2, 0) is 28.2 Å². The van der Waals surface area contributed by atoms with E-state index in [-0.39, 0.29) is 0 Å². The highest BCUT2D eigenvalue weighted by Gasteiger charge is 2.28. The third kappa shape index (κ3) is 11.7. The van der Waals surface area contributed by atoms with Crippen LogP contribution in [0.1, 0.15) is 58.3 Å². The summed E-state index contributed by atoms with van der Waals surface area (Å²) in [5.41, 5.74) is 19.2. The van der Waals surface area contributed by atoms with Gasteiger partial charge >= 0.3 is 0 Å². The average Bonchev–Trinajstić information content (AvgIpc) is 1.60. The van der Waals surface area contributed by atoms with Crippen molar-refractivity contribution in [3.63, 3.8) is 0 Å². The Kier molecular flexibility index (Phi) is 15.6. The predicted octanol–water partition coefficient (Wildman–Crippen LogP) is 25.6. The Morgan fingerprint density at radius 1 is 0.238 bits per heavy atom. The Morgan fingerprint density at radius 2 is 0.581 bits per heavy atom. The van der Waals surface area contributed by atoms with Crippen LogP contribution >= 0.6 is 45.3 Å². The van der Waals surface area contributed by atoms with Crippen LogP contribution in [-0.4, -0.2) is 0 Å². The van der Waals surface area contributed by atoms with Crippen LogP contribution in [0.15, 0.2) is 261 Å². The molecule has 0 unspecified atom stereocenters. The van der Waals surface area contributed by atoms with Crippen LogP contribution in [0.4, 0.5) is 0 Å². The Hall–Kier alpha value is -10.8. The number of nitrogens with zero attached hydrogens (tertiary/aromatic N) is 4. The van der Waals surface area contributed by atoms with E-state index in [9.17, 15) is 0 Å². The van der Waals surface area contributed by atoms with Crippen molar-refractivity contribution in [3.8, 4) is 45.0 Å². The van der Waals surface area contributed by atoms with Gasteiger partial charge < -0.3 is 0 Å². The van der Waals surface area contributed by atoms with Crippen LogP contribution in [0, 0.1) is 62.2 Å². The molecule has 0 amide bonds. The molecule has 510 valence electrons. The Morgan fingerprint density at radius 3 is 1.06 bits per heavy atom. The van der Waals surface area contributed by atoms with Crippen molar-refractivity contribution in [2.24, 2.45) is 28.2 Å². The fourth-order valence-electron chi connectivity index (χ4n) is 16.0. The molecule has 8 heterocycles. The van der Waals surface area contributed by atoms with Gasteiger partial charge in [-0.15, -0.1) is 45.3 Å². The highest BCUT2D eigenvalue weighted by atomic mass is 32.1. The molecule has 8 heteroatoms. The Balaban J connectivity index is 0.000000108. The highest BCUT2D eigenvalue weighted by Crippen LogP contribution is 2.48. The van der Waals surface area contributed by atoms with Gasteiger partial charge in [-0.3, -0.25) is 0 Å². The van der Waals surface area contributed by atoms with Crippen molar-refractivity contribution in [2.75, 3.05) is 0 Å². The van der Waals surface area contributed by atoms with Gasteiger partial charge in [-0.05, 0) is 152 Å². The molecule has 0 aliphatic rings. The first-order chi connectivity index (χ1) is 53.4. The number of aromatic nitrogens is 4. The minimum atomic E-state index is -2.18. The summed E-state index contributed by atoms with van der Waals surface area (Å²) in [6, 6.07) is 83.6. The molecule has 0 aliphatic heterocycles. The summed E-state index contributed by atoms with van der Waals surface area (Å²) in [6.45, 7) is 10.8. The molecule has 0 saturated heterocycles. The Bertz CT molecular complexity index is 7220. The molecule has 0 spiro atoms. The first-order valence-corrected chi connectivity index (χ1v) is 38.9. The number of hydrogen-bond donors (Lipinski definition) is 0. The largest absolute Gasteiger partial charge is 0.230 e. The van der Waals surface area contributed by atoms with E-state index < -0.39 is 13.7 Å². The quantitative estimate of drug-likeness (QED) is 0.156. The van der Waals surface area contributed by atoms with E-state index >= 15 is 0 Å². The normalized spacial score (nSPS) is 12.8. The van der Waals surface area contributed by atoms with Crippen molar-refractivity contribution >= 4 is 169 Å². The zero-order chi connectivity index (χ0) is 77.2. The molecular weight excluding hydrogens is 1350 g/mol. The van der Waals surface area contributed by atoms with Gasteiger partial charge in [-0.1, -0.05) is 217 Å². The number of aryl methyl sites for hydroxylation is 13. The zero-order valence-electron chi connectivity index (χ0n) is 66.7. The smallest absolute Gasteiger partial charge is 0.200 e. The van der Waals surface area contributed by atoms with Crippen LogP contribution in [0.3, 0.4) is 0 Å². The lowest BCUT2D eigenvalue weighted by molar-refractivity contribution is -0.659. The maximum atomic E-state index is 8.17.